The lowest BCUT2D eigenvalue weighted by atomic mass is 9.53. The zero-order valence-electron chi connectivity index (χ0n) is 20.4. The van der Waals surface area contributed by atoms with Crippen LogP contribution < -0.4 is 16.6 Å². The van der Waals surface area contributed by atoms with Gasteiger partial charge in [0.25, 0.3) is 5.56 Å². The van der Waals surface area contributed by atoms with Crippen LogP contribution in [0.3, 0.4) is 0 Å². The smallest absolute Gasteiger partial charge is 0.309 e. The van der Waals surface area contributed by atoms with Crippen LogP contribution in [0.15, 0.2) is 46.1 Å². The van der Waals surface area contributed by atoms with E-state index in [4.69, 9.17) is 4.98 Å². The summed E-state index contributed by atoms with van der Waals surface area (Å²) in [5, 5.41) is 4.00. The van der Waals surface area contributed by atoms with Crippen LogP contribution in [-0.2, 0) is 20.6 Å². The molecule has 0 unspecified atom stereocenters. The van der Waals surface area contributed by atoms with Gasteiger partial charge in [0.15, 0.2) is 11.2 Å². The Labute approximate surface area is 203 Å². The van der Waals surface area contributed by atoms with E-state index in [9.17, 15) is 9.59 Å². The first kappa shape index (κ1) is 21.2. The molecule has 0 radical (unpaired) electrons. The van der Waals surface area contributed by atoms with Gasteiger partial charge in [0.2, 0.25) is 5.78 Å². The van der Waals surface area contributed by atoms with Crippen molar-refractivity contribution in [1.82, 2.24) is 28.4 Å². The lowest BCUT2D eigenvalue weighted by molar-refractivity contribution is -0.0197. The number of hydrogen-bond donors (Lipinski definition) is 1. The zero-order valence-corrected chi connectivity index (χ0v) is 20.4. The average molecular weight is 473 g/mol. The maximum atomic E-state index is 13.1. The van der Waals surface area contributed by atoms with Crippen LogP contribution in [0.2, 0.25) is 0 Å². The molecular weight excluding hydrogens is 440 g/mol. The lowest BCUT2D eigenvalue weighted by Crippen LogP contribution is -2.58. The highest BCUT2D eigenvalue weighted by Gasteiger charge is 2.50. The molecule has 4 aliphatic rings. The Morgan fingerprint density at radius 3 is 2.29 bits per heavy atom. The molecule has 0 amide bonds. The number of nitrogens with zero attached hydrogens (tertiary/aromatic N) is 5. The van der Waals surface area contributed by atoms with Gasteiger partial charge in [-0.25, -0.2) is 4.79 Å². The molecule has 4 fully saturated rings. The molecule has 0 saturated heterocycles. The van der Waals surface area contributed by atoms with E-state index in [-0.39, 0.29) is 11.2 Å². The number of nitrogens with one attached hydrogen (secondary N) is 1. The Morgan fingerprint density at radius 2 is 1.63 bits per heavy atom. The molecule has 1 N–H and O–H groups in total. The summed E-state index contributed by atoms with van der Waals surface area (Å²) < 4.78 is 6.69. The molecule has 8 heteroatoms. The van der Waals surface area contributed by atoms with E-state index in [1.165, 1.54) is 50.1 Å². The van der Waals surface area contributed by atoms with Crippen LogP contribution in [0.25, 0.3) is 28.2 Å². The topological polar surface area (TPSA) is 78.3 Å². The minimum absolute atomic E-state index is 0.297. The summed E-state index contributed by atoms with van der Waals surface area (Å²) in [7, 11) is 3.20. The van der Waals surface area contributed by atoms with Crippen LogP contribution in [0.4, 0.5) is 0 Å². The van der Waals surface area contributed by atoms with Crippen LogP contribution in [0, 0.1) is 17.8 Å². The molecule has 4 bridgehead atoms. The van der Waals surface area contributed by atoms with E-state index in [2.05, 4.69) is 22.0 Å². The minimum atomic E-state index is -0.360. The molecule has 8 rings (SSSR count). The molecule has 0 spiro atoms. The lowest BCUT2D eigenvalue weighted by Gasteiger charge is -2.57. The van der Waals surface area contributed by atoms with Crippen molar-refractivity contribution in [2.24, 2.45) is 31.8 Å². The third-order valence-corrected chi connectivity index (χ3v) is 9.00. The highest BCUT2D eigenvalue weighted by atomic mass is 16.2. The fourth-order valence-corrected chi connectivity index (χ4v) is 7.84. The van der Waals surface area contributed by atoms with Gasteiger partial charge in [0, 0.05) is 38.9 Å². The largest absolute Gasteiger partial charge is 0.332 e. The Bertz CT molecular complexity index is 1540. The third-order valence-electron chi connectivity index (χ3n) is 9.00. The van der Waals surface area contributed by atoms with E-state index >= 15 is 0 Å². The van der Waals surface area contributed by atoms with E-state index in [0.29, 0.717) is 22.5 Å². The highest BCUT2D eigenvalue weighted by molar-refractivity contribution is 5.78. The molecule has 4 saturated carbocycles. The number of hydrogen-bond acceptors (Lipinski definition) is 4. The summed E-state index contributed by atoms with van der Waals surface area (Å²) >= 11 is 0. The number of benzene rings is 1. The van der Waals surface area contributed by atoms with Gasteiger partial charge in [-0.15, -0.1) is 0 Å². The number of imidazole rings is 2. The zero-order chi connectivity index (χ0) is 23.9. The second-order valence-electron chi connectivity index (χ2n) is 11.3. The van der Waals surface area contributed by atoms with Gasteiger partial charge in [-0.1, -0.05) is 30.3 Å². The van der Waals surface area contributed by atoms with E-state index in [1.54, 1.807) is 7.05 Å². The van der Waals surface area contributed by atoms with Crippen LogP contribution in [-0.4, -0.2) is 35.2 Å². The van der Waals surface area contributed by atoms with Crippen LogP contribution in [0.5, 0.6) is 0 Å². The summed E-state index contributed by atoms with van der Waals surface area (Å²) in [5.74, 6) is 3.41. The molecule has 0 atom stereocenters. The molecule has 0 aliphatic heterocycles. The van der Waals surface area contributed by atoms with E-state index in [0.717, 1.165) is 46.7 Å². The first-order valence-electron chi connectivity index (χ1n) is 12.9. The van der Waals surface area contributed by atoms with Crippen LogP contribution >= 0.6 is 0 Å². The molecule has 4 aromatic rings. The predicted molar refractivity (Wildman–Crippen MR) is 136 cm³/mol. The second-order valence-corrected chi connectivity index (χ2v) is 11.3. The van der Waals surface area contributed by atoms with Crippen molar-refractivity contribution in [2.75, 3.05) is 6.54 Å². The summed E-state index contributed by atoms with van der Waals surface area (Å²) in [6, 6.07) is 10.3. The molecule has 35 heavy (non-hydrogen) atoms. The van der Waals surface area contributed by atoms with Crippen molar-refractivity contribution in [3.63, 3.8) is 0 Å². The summed E-state index contributed by atoms with van der Waals surface area (Å²) in [4.78, 5) is 30.4. The average Bonchev–Trinajstić information content (AvgIpc) is 3.38. The summed E-state index contributed by atoms with van der Waals surface area (Å²) in [6.07, 6.45) is 10.3. The second kappa shape index (κ2) is 7.43. The molecule has 3 aromatic heterocycles. The number of aryl methyl sites for hydroxylation is 1. The Balaban J connectivity index is 1.30. The van der Waals surface area contributed by atoms with Crippen LogP contribution in [0.1, 0.15) is 38.5 Å². The van der Waals surface area contributed by atoms with Gasteiger partial charge in [0.1, 0.15) is 0 Å². The first-order valence-corrected chi connectivity index (χ1v) is 12.9. The van der Waals surface area contributed by atoms with Gasteiger partial charge < -0.3 is 9.88 Å². The minimum Gasteiger partial charge on any atom is -0.309 e. The monoisotopic (exact) mass is 472 g/mol. The Morgan fingerprint density at radius 1 is 0.971 bits per heavy atom. The Hall–Kier alpha value is -3.13. The quantitative estimate of drug-likeness (QED) is 0.485. The van der Waals surface area contributed by atoms with Crippen molar-refractivity contribution in [1.29, 1.82) is 0 Å². The van der Waals surface area contributed by atoms with Crippen molar-refractivity contribution >= 4 is 16.9 Å². The van der Waals surface area contributed by atoms with Gasteiger partial charge in [-0.05, 0) is 61.8 Å². The molecule has 3 heterocycles. The molecule has 1 aromatic carbocycles. The maximum absolute atomic E-state index is 13.1. The van der Waals surface area contributed by atoms with Gasteiger partial charge in [-0.2, -0.15) is 4.98 Å². The molecular formula is C27H32N6O2. The molecule has 182 valence electrons. The normalized spacial score (nSPS) is 27.4. The van der Waals surface area contributed by atoms with Gasteiger partial charge in [-0.3, -0.25) is 18.3 Å². The summed E-state index contributed by atoms with van der Waals surface area (Å²) in [6.45, 7) is 1.61. The van der Waals surface area contributed by atoms with Crippen molar-refractivity contribution in [3.05, 3.63) is 57.4 Å². The number of aromatic nitrogens is 5. The van der Waals surface area contributed by atoms with E-state index < -0.39 is 0 Å². The van der Waals surface area contributed by atoms with Gasteiger partial charge >= 0.3 is 5.69 Å². The summed E-state index contributed by atoms with van der Waals surface area (Å²) in [5.41, 5.74) is 2.59. The van der Waals surface area contributed by atoms with Crippen molar-refractivity contribution in [3.8, 4) is 11.3 Å². The number of fused-ring (bicyclic) bond motifs is 3. The number of rotatable bonds is 5. The third kappa shape index (κ3) is 3.12. The predicted octanol–water partition coefficient (Wildman–Crippen LogP) is 2.91. The standard InChI is InChI=1S/C27H32N6O2/c1-30-23-22(24(34)31(2)26(30)35)33-16-21(20-6-4-3-5-7-20)32(25(33)29-23)9-8-28-27-13-17-10-18(14-27)12-19(11-17)15-27/h3-7,16-19,28H,8-15H2,1-2H3. The molecule has 4 aliphatic carbocycles. The first-order chi connectivity index (χ1) is 16.9. The van der Waals surface area contributed by atoms with E-state index in [1.807, 2.05) is 28.8 Å². The van der Waals surface area contributed by atoms with Gasteiger partial charge in [0.05, 0.1) is 5.69 Å². The van der Waals surface area contributed by atoms with Crippen molar-refractivity contribution in [2.45, 2.75) is 50.6 Å². The fourth-order valence-electron chi connectivity index (χ4n) is 7.84. The SMILES string of the molecule is Cn1c(=O)c2c(nc3n(CCNC45CC6CC(CC(C6)C4)C5)c(-c4ccccc4)cn23)n(C)c1=O. The molecule has 8 nitrogen and oxygen atoms in total. The Kier molecular flexibility index (Phi) is 4.50. The highest BCUT2D eigenvalue weighted by Crippen LogP contribution is 2.55. The maximum Gasteiger partial charge on any atom is 0.332 e. The van der Waals surface area contributed by atoms with Crippen molar-refractivity contribution < 1.29 is 0 Å². The fraction of sp³-hybridized carbons (Fsp3) is 0.519.